The van der Waals surface area contributed by atoms with Crippen LogP contribution in [0.25, 0.3) is 12.2 Å². The zero-order valence-electron chi connectivity index (χ0n) is 14.8. The topological polar surface area (TPSA) is 85.6 Å². The van der Waals surface area contributed by atoms with E-state index < -0.39 is 0 Å². The summed E-state index contributed by atoms with van der Waals surface area (Å²) in [6.07, 6.45) is 3.85. The number of thioether (sulfide) groups is 1. The minimum Gasteiger partial charge on any atom is -0.300 e. The summed E-state index contributed by atoms with van der Waals surface area (Å²) in [7, 11) is 3.11. The highest BCUT2D eigenvalue weighted by atomic mass is 32.2. The van der Waals surface area contributed by atoms with Gasteiger partial charge in [0, 0.05) is 31.6 Å². The Kier molecular flexibility index (Phi) is 5.22. The second-order valence-corrected chi connectivity index (χ2v) is 6.80. The molecule has 0 atom stereocenters. The first-order chi connectivity index (χ1) is 12.5. The summed E-state index contributed by atoms with van der Waals surface area (Å²) in [5, 5.41) is 7.60. The number of aryl methyl sites for hydroxylation is 1. The zero-order chi connectivity index (χ0) is 18.7. The minimum absolute atomic E-state index is 0.319. The van der Waals surface area contributed by atoms with E-state index in [0.29, 0.717) is 22.4 Å². The third-order valence-electron chi connectivity index (χ3n) is 4.07. The summed E-state index contributed by atoms with van der Waals surface area (Å²) in [5.74, 6) is 1.08. The third kappa shape index (κ3) is 3.85. The van der Waals surface area contributed by atoms with Gasteiger partial charge in [-0.05, 0) is 24.1 Å². The molecule has 8 heteroatoms. The van der Waals surface area contributed by atoms with Crippen LogP contribution in [0.5, 0.6) is 0 Å². The van der Waals surface area contributed by atoms with E-state index in [4.69, 9.17) is 0 Å². The Morgan fingerprint density at radius 1 is 1.15 bits per heavy atom. The number of hydrogen-bond donors (Lipinski definition) is 1. The van der Waals surface area contributed by atoms with Crippen molar-refractivity contribution in [2.45, 2.75) is 17.8 Å². The molecule has 7 nitrogen and oxygen atoms in total. The number of aromatic nitrogens is 5. The molecule has 0 saturated carbocycles. The van der Waals surface area contributed by atoms with Gasteiger partial charge in [-0.3, -0.25) is 19.0 Å². The molecule has 0 fully saturated rings. The molecule has 3 rings (SSSR count). The maximum absolute atomic E-state index is 11.9. The molecule has 0 spiro atoms. The van der Waals surface area contributed by atoms with E-state index in [1.54, 1.807) is 7.05 Å². The van der Waals surface area contributed by atoms with E-state index >= 15 is 0 Å². The van der Waals surface area contributed by atoms with E-state index in [-0.39, 0.29) is 11.2 Å². The number of H-pyrrole nitrogens is 1. The molecule has 0 aliphatic heterocycles. The summed E-state index contributed by atoms with van der Waals surface area (Å²) < 4.78 is 2.54. The Hall–Kier alpha value is -2.87. The number of hydrogen-bond acceptors (Lipinski definition) is 5. The first-order valence-electron chi connectivity index (χ1n) is 8.00. The van der Waals surface area contributed by atoms with Crippen LogP contribution in [0.2, 0.25) is 0 Å². The predicted octanol–water partition coefficient (Wildman–Crippen LogP) is 1.97. The van der Waals surface area contributed by atoms with Gasteiger partial charge in [0.25, 0.3) is 5.56 Å². The lowest BCUT2D eigenvalue weighted by atomic mass is 10.1. The van der Waals surface area contributed by atoms with Gasteiger partial charge in [0.1, 0.15) is 5.82 Å². The number of nitrogens with one attached hydrogen (secondary N) is 1. The summed E-state index contributed by atoms with van der Waals surface area (Å²) in [6, 6.07) is 9.53. The summed E-state index contributed by atoms with van der Waals surface area (Å²) in [5.41, 5.74) is 2.27. The molecule has 1 N–H and O–H groups in total. The molecule has 2 heterocycles. The highest BCUT2D eigenvalue weighted by Gasteiger charge is 2.08. The van der Waals surface area contributed by atoms with Crippen LogP contribution >= 0.6 is 11.8 Å². The second kappa shape index (κ2) is 7.57. The molecule has 26 heavy (non-hydrogen) atoms. The first-order valence-corrected chi connectivity index (χ1v) is 8.99. The van der Waals surface area contributed by atoms with Crippen molar-refractivity contribution in [2.24, 2.45) is 14.1 Å². The van der Waals surface area contributed by atoms with Gasteiger partial charge in [0.05, 0.1) is 0 Å². The molecular weight excluding hydrogens is 350 g/mol. The van der Waals surface area contributed by atoms with E-state index in [9.17, 15) is 9.59 Å². The lowest BCUT2D eigenvalue weighted by molar-refractivity contribution is 0.665. The van der Waals surface area contributed by atoms with Crippen LogP contribution in [0.1, 0.15) is 22.6 Å². The van der Waals surface area contributed by atoms with Gasteiger partial charge in [-0.15, -0.1) is 5.10 Å². The summed E-state index contributed by atoms with van der Waals surface area (Å²) >= 11 is 1.36. The SMILES string of the molecule is Cc1ccccc1/C=C/c1nc(SCc2cc(=O)n(C)c(=O)n2C)n[nH]1. The fraction of sp³-hybridized carbons (Fsp3) is 0.222. The molecule has 0 radical (unpaired) electrons. The van der Waals surface area contributed by atoms with Crippen LogP contribution in [0.4, 0.5) is 0 Å². The van der Waals surface area contributed by atoms with Crippen molar-refractivity contribution in [3.63, 3.8) is 0 Å². The summed E-state index contributed by atoms with van der Waals surface area (Å²) in [6.45, 7) is 2.05. The van der Waals surface area contributed by atoms with Gasteiger partial charge in [0.2, 0.25) is 5.16 Å². The van der Waals surface area contributed by atoms with E-state index in [1.807, 2.05) is 30.4 Å². The molecule has 134 valence electrons. The average Bonchev–Trinajstić information content (AvgIpc) is 3.09. The third-order valence-corrected chi connectivity index (χ3v) is 4.95. The molecule has 0 bridgehead atoms. The maximum atomic E-state index is 11.9. The monoisotopic (exact) mass is 369 g/mol. The molecule has 0 unspecified atom stereocenters. The fourth-order valence-electron chi connectivity index (χ4n) is 2.40. The molecule has 1 aromatic carbocycles. The zero-order valence-corrected chi connectivity index (χ0v) is 15.6. The molecule has 0 saturated heterocycles. The minimum atomic E-state index is -0.343. The van der Waals surface area contributed by atoms with E-state index in [2.05, 4.69) is 28.2 Å². The van der Waals surface area contributed by atoms with Crippen molar-refractivity contribution >= 4 is 23.9 Å². The van der Waals surface area contributed by atoms with Crippen molar-refractivity contribution in [3.05, 3.63) is 73.8 Å². The molecule has 3 aromatic rings. The number of nitrogens with zero attached hydrogens (tertiary/aromatic N) is 4. The molecule has 0 amide bonds. The van der Waals surface area contributed by atoms with Crippen molar-refractivity contribution < 1.29 is 0 Å². The van der Waals surface area contributed by atoms with Crippen LogP contribution in [0, 0.1) is 6.92 Å². The Labute approximate surface area is 154 Å². The van der Waals surface area contributed by atoms with Gasteiger partial charge >= 0.3 is 5.69 Å². The van der Waals surface area contributed by atoms with Gasteiger partial charge in [-0.25, -0.2) is 9.78 Å². The fourth-order valence-corrected chi connectivity index (χ4v) is 3.22. The van der Waals surface area contributed by atoms with Gasteiger partial charge in [-0.1, -0.05) is 42.1 Å². The quantitative estimate of drug-likeness (QED) is 0.695. The van der Waals surface area contributed by atoms with Crippen molar-refractivity contribution in [1.29, 1.82) is 0 Å². The maximum Gasteiger partial charge on any atom is 0.330 e. The first kappa shape index (κ1) is 17.9. The van der Waals surface area contributed by atoms with Gasteiger partial charge < -0.3 is 0 Å². The van der Waals surface area contributed by atoms with Gasteiger partial charge in [-0.2, -0.15) is 0 Å². The number of rotatable bonds is 5. The standard InChI is InChI=1S/C18H19N5O2S/c1-12-6-4-5-7-13(12)8-9-15-19-17(21-20-15)26-11-14-10-16(24)23(3)18(25)22(14)2/h4-10H,11H2,1-3H3,(H,19,20,21)/b9-8+. The van der Waals surface area contributed by atoms with Crippen LogP contribution < -0.4 is 11.2 Å². The van der Waals surface area contributed by atoms with Crippen molar-refractivity contribution in [3.8, 4) is 0 Å². The molecule has 2 aromatic heterocycles. The van der Waals surface area contributed by atoms with E-state index in [1.165, 1.54) is 35.0 Å². The highest BCUT2D eigenvalue weighted by molar-refractivity contribution is 7.98. The van der Waals surface area contributed by atoms with Crippen LogP contribution in [-0.2, 0) is 19.8 Å². The molecule has 0 aliphatic carbocycles. The van der Waals surface area contributed by atoms with Gasteiger partial charge in [0.15, 0.2) is 0 Å². The summed E-state index contributed by atoms with van der Waals surface area (Å²) in [4.78, 5) is 28.1. The molecular formula is C18H19N5O2S. The molecule has 0 aliphatic rings. The van der Waals surface area contributed by atoms with Crippen LogP contribution in [0.3, 0.4) is 0 Å². The number of aromatic amines is 1. The predicted molar refractivity (Wildman–Crippen MR) is 103 cm³/mol. The Balaban J connectivity index is 1.71. The average molecular weight is 369 g/mol. The lowest BCUT2D eigenvalue weighted by Crippen LogP contribution is -2.37. The number of benzene rings is 1. The van der Waals surface area contributed by atoms with Crippen LogP contribution in [0.15, 0.2) is 45.1 Å². The van der Waals surface area contributed by atoms with Crippen molar-refractivity contribution in [1.82, 2.24) is 24.3 Å². The van der Waals surface area contributed by atoms with Crippen LogP contribution in [-0.4, -0.2) is 24.3 Å². The normalized spacial score (nSPS) is 11.3. The highest BCUT2D eigenvalue weighted by Crippen LogP contribution is 2.18. The smallest absolute Gasteiger partial charge is 0.300 e. The Morgan fingerprint density at radius 2 is 1.92 bits per heavy atom. The second-order valence-electron chi connectivity index (χ2n) is 5.86. The lowest BCUT2D eigenvalue weighted by Gasteiger charge is -2.07. The Bertz CT molecular complexity index is 1080. The van der Waals surface area contributed by atoms with Crippen molar-refractivity contribution in [2.75, 3.05) is 0 Å². The van der Waals surface area contributed by atoms with E-state index in [0.717, 1.165) is 10.1 Å². The largest absolute Gasteiger partial charge is 0.330 e. The Morgan fingerprint density at radius 3 is 2.69 bits per heavy atom.